The first-order valence-electron chi connectivity index (χ1n) is 11.2. The van der Waals surface area contributed by atoms with E-state index in [0.717, 1.165) is 44.1 Å². The summed E-state index contributed by atoms with van der Waals surface area (Å²) in [5, 5.41) is 3.29. The van der Waals surface area contributed by atoms with Crippen LogP contribution in [-0.2, 0) is 0 Å². The average molecular weight is 467 g/mol. The van der Waals surface area contributed by atoms with Gasteiger partial charge in [0.1, 0.15) is 22.7 Å². The number of amides is 1. The lowest BCUT2D eigenvalue weighted by molar-refractivity contribution is 0.0596. The summed E-state index contributed by atoms with van der Waals surface area (Å²) in [6, 6.07) is 2.39. The largest absolute Gasteiger partial charge is 0.345 e. The van der Waals surface area contributed by atoms with Crippen LogP contribution in [0.4, 0.5) is 18.3 Å². The van der Waals surface area contributed by atoms with Crippen molar-refractivity contribution in [2.75, 3.05) is 31.1 Å². The topological polar surface area (TPSA) is 48.5 Å². The van der Waals surface area contributed by atoms with Crippen LogP contribution < -0.4 is 10.2 Å². The summed E-state index contributed by atoms with van der Waals surface area (Å²) in [7, 11) is 0. The molecule has 1 aromatic carbocycles. The zero-order valence-electron chi connectivity index (χ0n) is 18.4. The number of nitrogens with zero attached hydrogens (tertiary/aromatic N) is 3. The van der Waals surface area contributed by atoms with Crippen LogP contribution in [0, 0.1) is 17.6 Å². The van der Waals surface area contributed by atoms with Crippen molar-refractivity contribution >= 4 is 22.4 Å². The summed E-state index contributed by atoms with van der Waals surface area (Å²) in [5.74, 6) is -0.953. The van der Waals surface area contributed by atoms with Crippen molar-refractivity contribution in [3.63, 3.8) is 0 Å². The number of carbonyl (C=O) groups excluding carboxylic acids is 1. The second-order valence-corrected chi connectivity index (χ2v) is 9.94. The van der Waals surface area contributed by atoms with E-state index in [4.69, 9.17) is 0 Å². The molecule has 3 unspecified atom stereocenters. The van der Waals surface area contributed by atoms with Crippen molar-refractivity contribution in [1.82, 2.24) is 15.2 Å². The number of hydrogen-bond donors (Lipinski definition) is 1. The Hall–Kier alpha value is -2.13. The van der Waals surface area contributed by atoms with Crippen LogP contribution >= 0.6 is 11.3 Å². The highest BCUT2D eigenvalue weighted by atomic mass is 32.1. The zero-order valence-corrected chi connectivity index (χ0v) is 19.2. The van der Waals surface area contributed by atoms with Crippen LogP contribution in [0.5, 0.6) is 0 Å². The van der Waals surface area contributed by atoms with Gasteiger partial charge in [-0.15, -0.1) is 0 Å². The molecule has 2 aliphatic heterocycles. The fourth-order valence-corrected chi connectivity index (χ4v) is 5.57. The van der Waals surface area contributed by atoms with E-state index >= 15 is 4.39 Å². The van der Waals surface area contributed by atoms with Gasteiger partial charge in [0.2, 0.25) is 0 Å². The number of thiazole rings is 1. The maximum absolute atomic E-state index is 15.0. The first-order valence-corrected chi connectivity index (χ1v) is 12.0. The van der Waals surface area contributed by atoms with E-state index in [1.807, 2.05) is 4.90 Å². The molecule has 0 radical (unpaired) electrons. The number of piperidine rings is 2. The van der Waals surface area contributed by atoms with E-state index in [1.54, 1.807) is 6.92 Å². The standard InChI is InChI=1S/C23H29F3N4OS/c1-14-4-3-8-29(12-14)20-7-9-30(13-19(20)26)23-27-11-21(32-23)22(31)28-15(2)17-10-16(24)5-6-18(17)25/h5-6,10-11,14-15,19-20H,3-4,7-9,12-13H2,1-2H3,(H,28,31)/t14-,15?,19?,20?/m1/s1. The molecule has 0 spiro atoms. The Bertz CT molecular complexity index is 955. The predicted octanol–water partition coefficient (Wildman–Crippen LogP) is 4.56. The Balaban J connectivity index is 1.36. The first-order chi connectivity index (χ1) is 15.3. The molecule has 3 heterocycles. The smallest absolute Gasteiger partial charge is 0.263 e. The van der Waals surface area contributed by atoms with Gasteiger partial charge < -0.3 is 10.2 Å². The van der Waals surface area contributed by atoms with E-state index in [0.29, 0.717) is 22.5 Å². The van der Waals surface area contributed by atoms with Crippen LogP contribution in [0.1, 0.15) is 54.4 Å². The van der Waals surface area contributed by atoms with Crippen molar-refractivity contribution in [3.05, 3.63) is 46.5 Å². The molecule has 1 N–H and O–H groups in total. The fourth-order valence-electron chi connectivity index (χ4n) is 4.71. The summed E-state index contributed by atoms with van der Waals surface area (Å²) >= 11 is 1.19. The minimum absolute atomic E-state index is 0.0567. The average Bonchev–Trinajstić information content (AvgIpc) is 3.26. The lowest BCUT2D eigenvalue weighted by Crippen LogP contribution is -2.54. The van der Waals surface area contributed by atoms with E-state index < -0.39 is 29.8 Å². The monoisotopic (exact) mass is 466 g/mol. The van der Waals surface area contributed by atoms with E-state index in [2.05, 4.69) is 22.1 Å². The highest BCUT2D eigenvalue weighted by Gasteiger charge is 2.36. The van der Waals surface area contributed by atoms with Crippen LogP contribution in [0.3, 0.4) is 0 Å². The third-order valence-electron chi connectivity index (χ3n) is 6.42. The maximum Gasteiger partial charge on any atom is 0.263 e. The van der Waals surface area contributed by atoms with Crippen molar-refractivity contribution in [3.8, 4) is 0 Å². The molecule has 0 saturated carbocycles. The molecule has 5 nitrogen and oxygen atoms in total. The molecule has 2 fully saturated rings. The lowest BCUT2D eigenvalue weighted by atomic mass is 9.94. The lowest BCUT2D eigenvalue weighted by Gasteiger charge is -2.43. The molecule has 2 aliphatic rings. The summed E-state index contributed by atoms with van der Waals surface area (Å²) in [6.07, 6.45) is 3.55. The number of carbonyl (C=O) groups is 1. The number of benzene rings is 1. The molecular formula is C23H29F3N4OS. The minimum atomic E-state index is -0.966. The number of likely N-dealkylation sites (tertiary alicyclic amines) is 1. The predicted molar refractivity (Wildman–Crippen MR) is 120 cm³/mol. The molecule has 174 valence electrons. The van der Waals surface area contributed by atoms with Crippen molar-refractivity contribution in [2.24, 2.45) is 5.92 Å². The highest BCUT2D eigenvalue weighted by molar-refractivity contribution is 7.17. The SMILES string of the molecule is CC(NC(=O)c1cnc(N2CCC(N3CCC[C@@H](C)C3)C(F)C2)s1)c1cc(F)ccc1F. The van der Waals surface area contributed by atoms with Gasteiger partial charge >= 0.3 is 0 Å². The van der Waals surface area contributed by atoms with E-state index in [9.17, 15) is 13.6 Å². The minimum Gasteiger partial charge on any atom is -0.345 e. The van der Waals surface area contributed by atoms with Crippen molar-refractivity contribution in [1.29, 1.82) is 0 Å². The number of rotatable bonds is 5. The number of anilines is 1. The summed E-state index contributed by atoms with van der Waals surface area (Å²) in [4.78, 5) is 21.5. The normalized spacial score (nSPS) is 25.5. The summed E-state index contributed by atoms with van der Waals surface area (Å²) in [6.45, 7) is 6.68. The quantitative estimate of drug-likeness (QED) is 0.702. The molecule has 1 amide bonds. The Kier molecular flexibility index (Phi) is 7.05. The Morgan fingerprint density at radius 1 is 1.25 bits per heavy atom. The van der Waals surface area contributed by atoms with Gasteiger partial charge in [-0.3, -0.25) is 9.69 Å². The van der Waals surface area contributed by atoms with Crippen LogP contribution in [0.15, 0.2) is 24.4 Å². The molecule has 0 aliphatic carbocycles. The maximum atomic E-state index is 15.0. The number of aromatic nitrogens is 1. The molecular weight excluding hydrogens is 437 g/mol. The second kappa shape index (κ2) is 9.79. The van der Waals surface area contributed by atoms with Gasteiger partial charge in [-0.2, -0.15) is 0 Å². The first kappa shape index (κ1) is 23.0. The zero-order chi connectivity index (χ0) is 22.8. The fraction of sp³-hybridized carbons (Fsp3) is 0.565. The number of nitrogens with one attached hydrogen (secondary N) is 1. The Labute approximate surface area is 190 Å². The Morgan fingerprint density at radius 2 is 2.06 bits per heavy atom. The van der Waals surface area contributed by atoms with Crippen LogP contribution in [0.2, 0.25) is 0 Å². The molecule has 1 aromatic heterocycles. The van der Waals surface area contributed by atoms with Crippen LogP contribution in [-0.4, -0.2) is 54.2 Å². The molecule has 4 rings (SSSR count). The van der Waals surface area contributed by atoms with Crippen LogP contribution in [0.25, 0.3) is 0 Å². The van der Waals surface area contributed by atoms with E-state index in [1.165, 1.54) is 24.0 Å². The summed E-state index contributed by atoms with van der Waals surface area (Å²) < 4.78 is 42.5. The Morgan fingerprint density at radius 3 is 2.81 bits per heavy atom. The number of alkyl halides is 1. The number of hydrogen-bond acceptors (Lipinski definition) is 5. The van der Waals surface area contributed by atoms with E-state index in [-0.39, 0.29) is 18.2 Å². The molecule has 2 saturated heterocycles. The van der Waals surface area contributed by atoms with Gasteiger partial charge in [0, 0.05) is 24.7 Å². The van der Waals surface area contributed by atoms with Gasteiger partial charge in [-0.05, 0) is 56.8 Å². The molecule has 9 heteroatoms. The third-order valence-corrected chi connectivity index (χ3v) is 7.48. The number of halogens is 3. The van der Waals surface area contributed by atoms with Gasteiger partial charge in [0.25, 0.3) is 5.91 Å². The molecule has 4 atom stereocenters. The van der Waals surface area contributed by atoms with Crippen molar-refractivity contribution in [2.45, 2.75) is 51.4 Å². The van der Waals surface area contributed by atoms with Crippen molar-refractivity contribution < 1.29 is 18.0 Å². The highest BCUT2D eigenvalue weighted by Crippen LogP contribution is 2.30. The van der Waals surface area contributed by atoms with Gasteiger partial charge in [0.05, 0.1) is 18.8 Å². The third kappa shape index (κ3) is 5.09. The second-order valence-electron chi connectivity index (χ2n) is 8.93. The molecule has 32 heavy (non-hydrogen) atoms. The van der Waals surface area contributed by atoms with Gasteiger partial charge in [0.15, 0.2) is 5.13 Å². The summed E-state index contributed by atoms with van der Waals surface area (Å²) in [5.41, 5.74) is 0.0810. The van der Waals surface area contributed by atoms with Gasteiger partial charge in [-0.25, -0.2) is 18.2 Å². The van der Waals surface area contributed by atoms with Gasteiger partial charge in [-0.1, -0.05) is 18.3 Å². The molecule has 0 bridgehead atoms. The molecule has 2 aromatic rings.